The van der Waals surface area contributed by atoms with Crippen molar-refractivity contribution in [2.24, 2.45) is 0 Å². The summed E-state index contributed by atoms with van der Waals surface area (Å²) in [4.78, 5) is 26.4. The number of benzene rings is 1. The molecule has 0 aromatic heterocycles. The Labute approximate surface area is 130 Å². The van der Waals surface area contributed by atoms with Crippen LogP contribution in [0, 0.1) is 0 Å². The van der Waals surface area contributed by atoms with E-state index in [2.05, 4.69) is 5.32 Å². The van der Waals surface area contributed by atoms with Crippen LogP contribution in [0.15, 0.2) is 30.3 Å². The van der Waals surface area contributed by atoms with Crippen LogP contribution >= 0.6 is 0 Å². The van der Waals surface area contributed by atoms with Gasteiger partial charge in [0.15, 0.2) is 11.8 Å². The van der Waals surface area contributed by atoms with Gasteiger partial charge in [0.2, 0.25) is 0 Å². The lowest BCUT2D eigenvalue weighted by Gasteiger charge is -2.32. The predicted molar refractivity (Wildman–Crippen MR) is 81.0 cm³/mol. The predicted octanol–water partition coefficient (Wildman–Crippen LogP) is 1.90. The van der Waals surface area contributed by atoms with Crippen molar-refractivity contribution in [2.75, 3.05) is 14.2 Å². The van der Waals surface area contributed by atoms with Crippen LogP contribution in [0.3, 0.4) is 0 Å². The van der Waals surface area contributed by atoms with Crippen molar-refractivity contribution >= 4 is 11.9 Å². The molecule has 1 aromatic rings. The number of hydrogen-bond acceptors (Lipinski definition) is 4. The maximum Gasteiger partial charge on any atom is 0.325 e. The Morgan fingerprint density at radius 1 is 1.18 bits per heavy atom. The number of nitrogens with zero attached hydrogens (tertiary/aromatic N) is 1. The second kappa shape index (κ2) is 6.89. The third-order valence-electron chi connectivity index (χ3n) is 3.86. The van der Waals surface area contributed by atoms with Gasteiger partial charge in [0.1, 0.15) is 0 Å². The van der Waals surface area contributed by atoms with E-state index in [0.717, 1.165) is 5.56 Å². The third kappa shape index (κ3) is 2.84. The van der Waals surface area contributed by atoms with Gasteiger partial charge in [-0.05, 0) is 12.0 Å². The molecule has 2 rings (SSSR count). The van der Waals surface area contributed by atoms with Crippen LogP contribution < -0.4 is 5.32 Å². The third-order valence-corrected chi connectivity index (χ3v) is 3.86. The van der Waals surface area contributed by atoms with E-state index in [1.54, 1.807) is 0 Å². The molecular weight excluding hydrogens is 284 g/mol. The summed E-state index contributed by atoms with van der Waals surface area (Å²) in [7, 11) is 2.93. The van der Waals surface area contributed by atoms with Crippen LogP contribution in [0.5, 0.6) is 0 Å². The minimum Gasteiger partial charge on any atom is -0.353 e. The van der Waals surface area contributed by atoms with Gasteiger partial charge < -0.3 is 14.8 Å². The average molecular weight is 306 g/mol. The van der Waals surface area contributed by atoms with Gasteiger partial charge in [0, 0.05) is 14.2 Å². The van der Waals surface area contributed by atoms with Crippen molar-refractivity contribution in [1.82, 2.24) is 10.2 Å². The first-order valence-electron chi connectivity index (χ1n) is 7.32. The molecular formula is C16H22N2O4. The van der Waals surface area contributed by atoms with Crippen LogP contribution in [0.25, 0.3) is 0 Å². The van der Waals surface area contributed by atoms with Crippen molar-refractivity contribution in [1.29, 1.82) is 0 Å². The highest BCUT2D eigenvalue weighted by Crippen LogP contribution is 2.29. The fraction of sp³-hybridized carbons (Fsp3) is 0.500. The molecule has 1 heterocycles. The van der Waals surface area contributed by atoms with Crippen molar-refractivity contribution in [3.05, 3.63) is 35.9 Å². The van der Waals surface area contributed by atoms with Crippen molar-refractivity contribution in [3.63, 3.8) is 0 Å². The van der Waals surface area contributed by atoms with Crippen LogP contribution in [0.1, 0.15) is 25.3 Å². The van der Waals surface area contributed by atoms with Gasteiger partial charge in [-0.2, -0.15) is 0 Å². The summed E-state index contributed by atoms with van der Waals surface area (Å²) >= 11 is 0. The average Bonchev–Trinajstić information content (AvgIpc) is 2.75. The fourth-order valence-electron chi connectivity index (χ4n) is 2.89. The summed E-state index contributed by atoms with van der Waals surface area (Å²) in [6.45, 7) is 2.18. The lowest BCUT2D eigenvalue weighted by molar-refractivity contribution is -0.169. The summed E-state index contributed by atoms with van der Waals surface area (Å²) in [6.07, 6.45) is 0.355. The van der Waals surface area contributed by atoms with Crippen LogP contribution in [-0.2, 0) is 20.8 Å². The largest absolute Gasteiger partial charge is 0.353 e. The Bertz CT molecular complexity index is 530. The molecule has 0 radical (unpaired) electrons. The molecule has 0 spiro atoms. The highest BCUT2D eigenvalue weighted by atomic mass is 16.7. The Morgan fingerprint density at radius 3 is 2.36 bits per heavy atom. The Balaban J connectivity index is 2.28. The first kappa shape index (κ1) is 16.5. The maximum absolute atomic E-state index is 12.9. The quantitative estimate of drug-likeness (QED) is 0.617. The molecule has 6 nitrogen and oxygen atoms in total. The standard InChI is InChI=1S/C16H22N2O4/c1-4-10-16(14(21-2)22-3)13(19)18(15(20)17-16)11-12-8-6-5-7-9-12/h5-9,14H,4,10-11H2,1-3H3,(H,17,20)/t16-/m1/s1. The van der Waals surface area contributed by atoms with Crippen LogP contribution in [0.4, 0.5) is 4.79 Å². The second-order valence-electron chi connectivity index (χ2n) is 5.33. The zero-order chi connectivity index (χ0) is 16.2. The Kier molecular flexibility index (Phi) is 5.15. The van der Waals surface area contributed by atoms with Gasteiger partial charge >= 0.3 is 6.03 Å². The molecule has 1 aliphatic heterocycles. The number of ether oxygens (including phenoxy) is 2. The molecule has 3 amide bonds. The Hall–Kier alpha value is -1.92. The number of carbonyl (C=O) groups excluding carboxylic acids is 2. The Morgan fingerprint density at radius 2 is 1.82 bits per heavy atom. The highest BCUT2D eigenvalue weighted by Gasteiger charge is 2.56. The summed E-state index contributed by atoms with van der Waals surface area (Å²) < 4.78 is 10.5. The van der Waals surface area contributed by atoms with Gasteiger partial charge in [-0.3, -0.25) is 9.69 Å². The summed E-state index contributed by atoms with van der Waals surface area (Å²) in [5, 5.41) is 2.78. The normalized spacial score (nSPS) is 21.5. The highest BCUT2D eigenvalue weighted by molar-refractivity contribution is 6.07. The number of carbonyl (C=O) groups is 2. The van der Waals surface area contributed by atoms with Gasteiger partial charge in [0.25, 0.3) is 5.91 Å². The topological polar surface area (TPSA) is 67.9 Å². The summed E-state index contributed by atoms with van der Waals surface area (Å²) in [5.41, 5.74) is -0.269. The number of urea groups is 1. The molecule has 1 atom stereocenters. The number of hydrogen-bond donors (Lipinski definition) is 1. The smallest absolute Gasteiger partial charge is 0.325 e. The lowest BCUT2D eigenvalue weighted by atomic mass is 9.92. The summed E-state index contributed by atoms with van der Waals surface area (Å²) in [5.74, 6) is -0.308. The second-order valence-corrected chi connectivity index (χ2v) is 5.33. The number of rotatable bonds is 7. The zero-order valence-corrected chi connectivity index (χ0v) is 13.2. The molecule has 6 heteroatoms. The minimum absolute atomic E-state index is 0.233. The molecule has 1 aromatic carbocycles. The number of methoxy groups -OCH3 is 2. The first-order chi connectivity index (χ1) is 10.6. The molecule has 0 unspecified atom stereocenters. The van der Waals surface area contributed by atoms with Gasteiger partial charge in [0.05, 0.1) is 6.54 Å². The van der Waals surface area contributed by atoms with E-state index in [1.165, 1.54) is 19.1 Å². The minimum atomic E-state index is -1.16. The number of amides is 3. The van der Waals surface area contributed by atoms with E-state index in [1.807, 2.05) is 37.3 Å². The molecule has 1 aliphatic rings. The van der Waals surface area contributed by atoms with Gasteiger partial charge in [-0.15, -0.1) is 0 Å². The molecule has 0 aliphatic carbocycles. The van der Waals surface area contributed by atoms with E-state index >= 15 is 0 Å². The van der Waals surface area contributed by atoms with Crippen molar-refractivity contribution < 1.29 is 19.1 Å². The molecule has 120 valence electrons. The molecule has 1 N–H and O–H groups in total. The van der Waals surface area contributed by atoms with E-state index < -0.39 is 17.9 Å². The number of nitrogens with one attached hydrogen (secondary N) is 1. The van der Waals surface area contributed by atoms with E-state index in [4.69, 9.17) is 9.47 Å². The summed E-state index contributed by atoms with van der Waals surface area (Å²) in [6, 6.07) is 8.99. The van der Waals surface area contributed by atoms with Crippen LogP contribution in [0.2, 0.25) is 0 Å². The monoisotopic (exact) mass is 306 g/mol. The molecule has 0 saturated carbocycles. The number of imide groups is 1. The SMILES string of the molecule is CCC[C@@]1(C(OC)OC)NC(=O)N(Cc2ccccc2)C1=O. The van der Waals surface area contributed by atoms with Crippen molar-refractivity contribution in [2.45, 2.75) is 38.1 Å². The molecule has 1 fully saturated rings. The maximum atomic E-state index is 12.9. The van der Waals surface area contributed by atoms with E-state index in [-0.39, 0.29) is 12.5 Å². The van der Waals surface area contributed by atoms with Crippen molar-refractivity contribution in [3.8, 4) is 0 Å². The fourth-order valence-corrected chi connectivity index (χ4v) is 2.89. The molecule has 1 saturated heterocycles. The lowest BCUT2D eigenvalue weighted by Crippen LogP contribution is -2.57. The van der Waals surface area contributed by atoms with Gasteiger partial charge in [-0.25, -0.2) is 4.79 Å². The zero-order valence-electron chi connectivity index (χ0n) is 13.2. The van der Waals surface area contributed by atoms with E-state index in [9.17, 15) is 9.59 Å². The van der Waals surface area contributed by atoms with E-state index in [0.29, 0.717) is 12.8 Å². The molecule has 0 bridgehead atoms. The van der Waals surface area contributed by atoms with Crippen LogP contribution in [-0.4, -0.2) is 42.9 Å². The first-order valence-corrected chi connectivity index (χ1v) is 7.32. The molecule has 22 heavy (non-hydrogen) atoms. The van der Waals surface area contributed by atoms with Gasteiger partial charge in [-0.1, -0.05) is 43.7 Å².